The van der Waals surface area contributed by atoms with Crippen molar-refractivity contribution in [3.63, 3.8) is 0 Å². The second-order valence-electron chi connectivity index (χ2n) is 3.87. The Labute approximate surface area is 115 Å². The number of aryl methyl sites for hydroxylation is 1. The molecule has 18 heavy (non-hydrogen) atoms. The summed E-state index contributed by atoms with van der Waals surface area (Å²) in [5, 5.41) is 5.22. The fraction of sp³-hybridized carbons (Fsp3) is 0.182. The van der Waals surface area contributed by atoms with Crippen LogP contribution in [0.2, 0.25) is 10.0 Å². The molecule has 2 aromatic rings. The van der Waals surface area contributed by atoms with E-state index in [2.05, 4.69) is 10.5 Å². The Morgan fingerprint density at radius 2 is 2.06 bits per heavy atom. The van der Waals surface area contributed by atoms with Crippen LogP contribution in [0.15, 0.2) is 24.4 Å². The molecule has 0 aliphatic rings. The molecule has 1 aromatic heterocycles. The minimum atomic E-state index is -0.357. The lowest BCUT2D eigenvalue weighted by Crippen LogP contribution is -2.29. The Morgan fingerprint density at radius 3 is 2.61 bits per heavy atom. The summed E-state index contributed by atoms with van der Waals surface area (Å²) in [7, 11) is 1.76. The fourth-order valence-corrected chi connectivity index (χ4v) is 2.18. The highest BCUT2D eigenvalue weighted by Crippen LogP contribution is 2.32. The van der Waals surface area contributed by atoms with Crippen LogP contribution in [0, 0.1) is 0 Å². The molecule has 2 rings (SSSR count). The topological polar surface area (TPSA) is 81.9 Å². The summed E-state index contributed by atoms with van der Waals surface area (Å²) in [5.41, 5.74) is 10.1. The number of hydrogen-bond acceptors (Lipinski definition) is 4. The third kappa shape index (κ3) is 2.30. The average molecular weight is 286 g/mol. The van der Waals surface area contributed by atoms with Gasteiger partial charge in [-0.15, -0.1) is 0 Å². The van der Waals surface area contributed by atoms with Crippen molar-refractivity contribution in [2.45, 2.75) is 6.04 Å². The molecule has 0 radical (unpaired) electrons. The molecule has 1 aromatic carbocycles. The van der Waals surface area contributed by atoms with Crippen molar-refractivity contribution in [3.05, 3.63) is 45.6 Å². The zero-order chi connectivity index (χ0) is 13.3. The van der Waals surface area contributed by atoms with Crippen LogP contribution in [-0.4, -0.2) is 9.78 Å². The Bertz CT molecular complexity index is 567. The van der Waals surface area contributed by atoms with Crippen LogP contribution in [0.1, 0.15) is 17.2 Å². The van der Waals surface area contributed by atoms with E-state index in [-0.39, 0.29) is 6.04 Å². The van der Waals surface area contributed by atoms with Gasteiger partial charge < -0.3 is 5.73 Å². The lowest BCUT2D eigenvalue weighted by atomic mass is 10.0. The zero-order valence-electron chi connectivity index (χ0n) is 9.69. The third-order valence-corrected chi connectivity index (χ3v) is 3.34. The molecule has 1 heterocycles. The van der Waals surface area contributed by atoms with E-state index < -0.39 is 0 Å². The van der Waals surface area contributed by atoms with Gasteiger partial charge in [-0.3, -0.25) is 10.5 Å². The highest BCUT2D eigenvalue weighted by molar-refractivity contribution is 6.33. The van der Waals surface area contributed by atoms with E-state index >= 15 is 0 Å². The first-order valence-electron chi connectivity index (χ1n) is 5.23. The summed E-state index contributed by atoms with van der Waals surface area (Å²) >= 11 is 12.1. The van der Waals surface area contributed by atoms with Gasteiger partial charge >= 0.3 is 0 Å². The molecule has 1 atom stereocenters. The van der Waals surface area contributed by atoms with Crippen molar-refractivity contribution in [1.29, 1.82) is 0 Å². The largest absolute Gasteiger partial charge is 0.384 e. The number of nitrogens with two attached hydrogens (primary N) is 2. The summed E-state index contributed by atoms with van der Waals surface area (Å²) in [6.07, 6.45) is 1.65. The number of nitrogens with one attached hydrogen (secondary N) is 1. The number of benzene rings is 1. The van der Waals surface area contributed by atoms with Crippen molar-refractivity contribution >= 4 is 29.0 Å². The summed E-state index contributed by atoms with van der Waals surface area (Å²) in [6.45, 7) is 0. The van der Waals surface area contributed by atoms with E-state index in [9.17, 15) is 0 Å². The first-order valence-corrected chi connectivity index (χ1v) is 5.98. The van der Waals surface area contributed by atoms with Crippen LogP contribution in [-0.2, 0) is 7.05 Å². The number of hydrogen-bond donors (Lipinski definition) is 3. The van der Waals surface area contributed by atoms with E-state index in [4.69, 9.17) is 34.8 Å². The van der Waals surface area contributed by atoms with Gasteiger partial charge in [0.25, 0.3) is 0 Å². The highest BCUT2D eigenvalue weighted by atomic mass is 35.5. The number of halogens is 2. The van der Waals surface area contributed by atoms with Crippen molar-refractivity contribution in [1.82, 2.24) is 15.2 Å². The molecular weight excluding hydrogens is 273 g/mol. The molecule has 0 amide bonds. The lowest BCUT2D eigenvalue weighted by molar-refractivity contribution is 0.638. The molecule has 0 bridgehead atoms. The first-order chi connectivity index (χ1) is 8.54. The normalized spacial score (nSPS) is 12.7. The molecule has 7 heteroatoms. The van der Waals surface area contributed by atoms with Gasteiger partial charge in [-0.2, -0.15) is 5.10 Å². The maximum absolute atomic E-state index is 6.16. The van der Waals surface area contributed by atoms with E-state index in [1.165, 1.54) is 0 Å². The third-order valence-electron chi connectivity index (χ3n) is 2.76. The molecule has 0 fully saturated rings. The Hall–Kier alpha value is -1.27. The minimum Gasteiger partial charge on any atom is -0.384 e. The summed E-state index contributed by atoms with van der Waals surface area (Å²) in [6, 6.07) is 4.83. The maximum Gasteiger partial charge on any atom is 0.126 e. The number of rotatable bonds is 3. The Kier molecular flexibility index (Phi) is 3.77. The van der Waals surface area contributed by atoms with Crippen molar-refractivity contribution in [2.24, 2.45) is 12.9 Å². The van der Waals surface area contributed by atoms with Crippen LogP contribution in [0.25, 0.3) is 0 Å². The van der Waals surface area contributed by atoms with Gasteiger partial charge in [-0.25, -0.2) is 5.43 Å². The zero-order valence-corrected chi connectivity index (χ0v) is 11.2. The smallest absolute Gasteiger partial charge is 0.126 e. The van der Waals surface area contributed by atoms with Crippen LogP contribution in [0.5, 0.6) is 0 Å². The minimum absolute atomic E-state index is 0.357. The Morgan fingerprint density at radius 1 is 1.33 bits per heavy atom. The van der Waals surface area contributed by atoms with Gasteiger partial charge in [-0.1, -0.05) is 23.2 Å². The summed E-state index contributed by atoms with van der Waals surface area (Å²) in [4.78, 5) is 0. The number of nitrogen functional groups attached to an aromatic ring is 1. The van der Waals surface area contributed by atoms with Gasteiger partial charge in [0.2, 0.25) is 0 Å². The average Bonchev–Trinajstić information content (AvgIpc) is 2.67. The number of anilines is 1. The van der Waals surface area contributed by atoms with Crippen molar-refractivity contribution < 1.29 is 0 Å². The van der Waals surface area contributed by atoms with E-state index in [0.717, 1.165) is 11.1 Å². The maximum atomic E-state index is 6.16. The molecule has 5 N–H and O–H groups in total. The van der Waals surface area contributed by atoms with Crippen LogP contribution in [0.3, 0.4) is 0 Å². The number of hydrazine groups is 1. The van der Waals surface area contributed by atoms with Gasteiger partial charge in [0, 0.05) is 22.7 Å². The van der Waals surface area contributed by atoms with Gasteiger partial charge in [0.15, 0.2) is 0 Å². The number of nitrogens with zero attached hydrogens (tertiary/aromatic N) is 2. The molecule has 0 saturated heterocycles. The van der Waals surface area contributed by atoms with Crippen LogP contribution in [0.4, 0.5) is 5.82 Å². The Balaban J connectivity index is 2.51. The summed E-state index contributed by atoms with van der Waals surface area (Å²) in [5.74, 6) is 6.11. The first kappa shape index (κ1) is 13.2. The lowest BCUT2D eigenvalue weighted by Gasteiger charge is -2.17. The van der Waals surface area contributed by atoms with Gasteiger partial charge in [-0.05, 0) is 23.8 Å². The quantitative estimate of drug-likeness (QED) is 0.594. The summed E-state index contributed by atoms with van der Waals surface area (Å²) < 4.78 is 1.57. The fourth-order valence-electron chi connectivity index (χ4n) is 1.77. The second-order valence-corrected chi connectivity index (χ2v) is 4.72. The van der Waals surface area contributed by atoms with Gasteiger partial charge in [0.1, 0.15) is 5.82 Å². The standard InChI is InChI=1S/C11H13Cl2N5/c1-18-11(14)8(5-16-18)10(17-15)7-4-6(12)2-3-9(7)13/h2-5,10,17H,14-15H2,1H3. The van der Waals surface area contributed by atoms with E-state index in [0.29, 0.717) is 15.9 Å². The molecule has 5 nitrogen and oxygen atoms in total. The molecule has 0 aliphatic carbocycles. The second kappa shape index (κ2) is 5.16. The SMILES string of the molecule is Cn1ncc(C(NN)c2cc(Cl)ccc2Cl)c1N. The predicted molar refractivity (Wildman–Crippen MR) is 73.2 cm³/mol. The van der Waals surface area contributed by atoms with Crippen molar-refractivity contribution in [3.8, 4) is 0 Å². The molecule has 0 saturated carbocycles. The van der Waals surface area contributed by atoms with Gasteiger partial charge in [0.05, 0.1) is 12.2 Å². The highest BCUT2D eigenvalue weighted by Gasteiger charge is 2.20. The van der Waals surface area contributed by atoms with Crippen LogP contribution < -0.4 is 17.0 Å². The van der Waals surface area contributed by atoms with Crippen LogP contribution >= 0.6 is 23.2 Å². The van der Waals surface area contributed by atoms with Crippen molar-refractivity contribution in [2.75, 3.05) is 5.73 Å². The van der Waals surface area contributed by atoms with E-state index in [1.807, 2.05) is 0 Å². The number of aromatic nitrogens is 2. The molecule has 0 spiro atoms. The molecule has 0 aliphatic heterocycles. The molecular formula is C11H13Cl2N5. The van der Waals surface area contributed by atoms with E-state index in [1.54, 1.807) is 36.1 Å². The molecule has 1 unspecified atom stereocenters. The molecule has 96 valence electrons. The predicted octanol–water partition coefficient (Wildman–Crippen LogP) is 1.86. The monoisotopic (exact) mass is 285 g/mol.